The van der Waals surface area contributed by atoms with Crippen LogP contribution in [-0.2, 0) is 0 Å². The van der Waals surface area contributed by atoms with E-state index >= 15 is 0 Å². The zero-order valence-electron chi connectivity index (χ0n) is 9.40. The number of ketones is 1. The molecule has 3 heteroatoms. The van der Waals surface area contributed by atoms with E-state index in [4.69, 9.17) is 10.5 Å². The molecule has 0 bridgehead atoms. The van der Waals surface area contributed by atoms with E-state index < -0.39 is 0 Å². The summed E-state index contributed by atoms with van der Waals surface area (Å²) >= 11 is 0. The number of hydrogen-bond acceptors (Lipinski definition) is 3. The number of nitrogens with zero attached hydrogens (tertiary/aromatic N) is 2. The molecule has 3 nitrogen and oxygen atoms in total. The first-order valence-electron chi connectivity index (χ1n) is 5.31. The van der Waals surface area contributed by atoms with Gasteiger partial charge >= 0.3 is 0 Å². The number of fused-ring (bicyclic) bond motifs is 1. The summed E-state index contributed by atoms with van der Waals surface area (Å²) in [7, 11) is 0. The highest BCUT2D eigenvalue weighted by molar-refractivity contribution is 6.01. The summed E-state index contributed by atoms with van der Waals surface area (Å²) in [6.45, 7) is 1.96. The van der Waals surface area contributed by atoms with Crippen molar-refractivity contribution in [2.45, 2.75) is 19.3 Å². The van der Waals surface area contributed by atoms with Gasteiger partial charge in [-0.05, 0) is 18.6 Å². The van der Waals surface area contributed by atoms with Crippen molar-refractivity contribution in [3.63, 3.8) is 0 Å². The summed E-state index contributed by atoms with van der Waals surface area (Å²) < 4.78 is 0. The second kappa shape index (κ2) is 4.23. The smallest absolute Gasteiger partial charge is 0.164 e. The lowest BCUT2D eigenvalue weighted by Crippen LogP contribution is -1.91. The molecule has 1 aliphatic carbocycles. The van der Waals surface area contributed by atoms with Gasteiger partial charge in [-0.15, -0.1) is 0 Å². The summed E-state index contributed by atoms with van der Waals surface area (Å²) in [6, 6.07) is 9.33. The van der Waals surface area contributed by atoms with Gasteiger partial charge in [-0.2, -0.15) is 10.5 Å². The zero-order valence-corrected chi connectivity index (χ0v) is 9.40. The van der Waals surface area contributed by atoms with E-state index in [-0.39, 0.29) is 17.3 Å². The normalized spacial score (nSPS) is 16.9. The topological polar surface area (TPSA) is 64.7 Å². The molecule has 0 spiro atoms. The highest BCUT2D eigenvalue weighted by atomic mass is 16.1. The van der Waals surface area contributed by atoms with Crippen LogP contribution in [0.3, 0.4) is 0 Å². The average Bonchev–Trinajstić information content (AvgIpc) is 2.62. The summed E-state index contributed by atoms with van der Waals surface area (Å²) in [5.74, 6) is -0.0526. The van der Waals surface area contributed by atoms with Gasteiger partial charge in [0.25, 0.3) is 0 Å². The Balaban J connectivity index is 2.48. The van der Waals surface area contributed by atoms with E-state index in [2.05, 4.69) is 0 Å². The minimum atomic E-state index is -0.133. The van der Waals surface area contributed by atoms with Crippen molar-refractivity contribution in [3.8, 4) is 12.1 Å². The van der Waals surface area contributed by atoms with Gasteiger partial charge in [0.15, 0.2) is 5.78 Å². The van der Waals surface area contributed by atoms with E-state index in [1.54, 1.807) is 6.08 Å². The van der Waals surface area contributed by atoms with Crippen LogP contribution in [-0.4, -0.2) is 5.78 Å². The van der Waals surface area contributed by atoms with Gasteiger partial charge in [0.2, 0.25) is 0 Å². The molecule has 1 unspecified atom stereocenters. The number of aryl methyl sites for hydroxylation is 1. The molecule has 1 atom stereocenters. The summed E-state index contributed by atoms with van der Waals surface area (Å²) in [6.07, 6.45) is 1.94. The van der Waals surface area contributed by atoms with Crippen molar-refractivity contribution in [2.24, 2.45) is 0 Å². The van der Waals surface area contributed by atoms with Crippen molar-refractivity contribution in [2.75, 3.05) is 0 Å². The molecule has 1 aromatic carbocycles. The van der Waals surface area contributed by atoms with Crippen molar-refractivity contribution >= 4 is 5.78 Å². The second-order valence-electron chi connectivity index (χ2n) is 4.13. The molecule has 0 saturated carbocycles. The van der Waals surface area contributed by atoms with Gasteiger partial charge in [-0.25, -0.2) is 0 Å². The van der Waals surface area contributed by atoms with Gasteiger partial charge in [-0.3, -0.25) is 4.79 Å². The van der Waals surface area contributed by atoms with Crippen LogP contribution in [0.1, 0.15) is 33.8 Å². The van der Waals surface area contributed by atoms with Gasteiger partial charge < -0.3 is 0 Å². The van der Waals surface area contributed by atoms with Gasteiger partial charge in [-0.1, -0.05) is 23.8 Å². The fourth-order valence-electron chi connectivity index (χ4n) is 2.11. The fraction of sp³-hybridized carbons (Fsp3) is 0.214. The lowest BCUT2D eigenvalue weighted by molar-refractivity contribution is 0.0992. The van der Waals surface area contributed by atoms with Crippen LogP contribution in [0.25, 0.3) is 0 Å². The summed E-state index contributed by atoms with van der Waals surface area (Å²) in [4.78, 5) is 11.8. The molecule has 0 N–H and O–H groups in total. The first kappa shape index (κ1) is 11.1. The largest absolute Gasteiger partial charge is 0.294 e. The van der Waals surface area contributed by atoms with Crippen LogP contribution in [0.15, 0.2) is 29.8 Å². The molecule has 0 radical (unpaired) electrons. The molecule has 17 heavy (non-hydrogen) atoms. The van der Waals surface area contributed by atoms with Crippen LogP contribution in [0, 0.1) is 29.6 Å². The molecule has 0 saturated heterocycles. The maximum atomic E-state index is 11.8. The third-order valence-corrected chi connectivity index (χ3v) is 2.92. The fourth-order valence-corrected chi connectivity index (χ4v) is 2.11. The molecule has 0 heterocycles. The van der Waals surface area contributed by atoms with Crippen LogP contribution in [0.4, 0.5) is 0 Å². The third kappa shape index (κ3) is 1.96. The lowest BCUT2D eigenvalue weighted by Gasteiger charge is -2.05. The molecule has 0 amide bonds. The molecular weight excluding hydrogens is 212 g/mol. The maximum Gasteiger partial charge on any atom is 0.164 e. The van der Waals surface area contributed by atoms with E-state index in [1.807, 2.05) is 37.3 Å². The Morgan fingerprint density at radius 2 is 2.12 bits per heavy atom. The summed E-state index contributed by atoms with van der Waals surface area (Å²) in [5, 5.41) is 17.5. The lowest BCUT2D eigenvalue weighted by atomic mass is 9.97. The first-order chi connectivity index (χ1) is 8.15. The van der Waals surface area contributed by atoms with E-state index in [9.17, 15) is 4.79 Å². The average molecular weight is 222 g/mol. The molecule has 2 rings (SSSR count). The van der Waals surface area contributed by atoms with Crippen LogP contribution < -0.4 is 0 Å². The number of benzene rings is 1. The first-order valence-corrected chi connectivity index (χ1v) is 5.31. The third-order valence-electron chi connectivity index (χ3n) is 2.92. The van der Waals surface area contributed by atoms with E-state index in [0.29, 0.717) is 12.0 Å². The molecule has 1 aromatic rings. The highest BCUT2D eigenvalue weighted by Gasteiger charge is 2.28. The van der Waals surface area contributed by atoms with Gasteiger partial charge in [0.05, 0.1) is 0 Å². The molecule has 0 aromatic heterocycles. The SMILES string of the molecule is Cc1ccc2c(c1)C(C=C(C#N)C#N)CC2=O. The second-order valence-corrected chi connectivity index (χ2v) is 4.13. The minimum Gasteiger partial charge on any atom is -0.294 e. The number of carbonyl (C=O) groups is 1. The standard InChI is InChI=1S/C14H10N2O/c1-9-2-3-12-13(4-9)11(6-14(12)17)5-10(7-15)8-16/h2-5,11H,6H2,1H3. The molecule has 82 valence electrons. The quantitative estimate of drug-likeness (QED) is 0.686. The van der Waals surface area contributed by atoms with Crippen molar-refractivity contribution in [3.05, 3.63) is 46.5 Å². The highest BCUT2D eigenvalue weighted by Crippen LogP contribution is 2.35. The number of allylic oxidation sites excluding steroid dienone is 2. The molecule has 0 fully saturated rings. The number of nitriles is 2. The van der Waals surface area contributed by atoms with Crippen LogP contribution in [0.2, 0.25) is 0 Å². The minimum absolute atomic E-state index is 0.0668. The molecule has 1 aliphatic rings. The van der Waals surface area contributed by atoms with Crippen molar-refractivity contribution in [1.29, 1.82) is 10.5 Å². The van der Waals surface area contributed by atoms with Crippen LogP contribution >= 0.6 is 0 Å². The Labute approximate surface area is 99.6 Å². The monoisotopic (exact) mass is 222 g/mol. The number of rotatable bonds is 1. The number of Topliss-reactive ketones (excluding diaryl/α,β-unsaturated/α-hetero) is 1. The van der Waals surface area contributed by atoms with Crippen molar-refractivity contribution < 1.29 is 4.79 Å². The summed E-state index contributed by atoms with van der Waals surface area (Å²) in [5.41, 5.74) is 2.79. The van der Waals surface area contributed by atoms with E-state index in [1.165, 1.54) is 0 Å². The van der Waals surface area contributed by atoms with E-state index in [0.717, 1.165) is 11.1 Å². The Hall–Kier alpha value is -2.39. The molecular formula is C14H10N2O. The maximum absolute atomic E-state index is 11.8. The Morgan fingerprint density at radius 3 is 2.76 bits per heavy atom. The van der Waals surface area contributed by atoms with Gasteiger partial charge in [0.1, 0.15) is 17.7 Å². The van der Waals surface area contributed by atoms with Crippen LogP contribution in [0.5, 0.6) is 0 Å². The Bertz CT molecular complexity index is 584. The Morgan fingerprint density at radius 1 is 1.41 bits per heavy atom. The Kier molecular flexibility index (Phi) is 2.77. The predicted octanol–water partition coefficient (Wildman–Crippen LogP) is 2.64. The van der Waals surface area contributed by atoms with Gasteiger partial charge in [0, 0.05) is 17.9 Å². The van der Waals surface area contributed by atoms with Crippen molar-refractivity contribution in [1.82, 2.24) is 0 Å². The predicted molar refractivity (Wildman–Crippen MR) is 62.2 cm³/mol. The number of carbonyl (C=O) groups excluding carboxylic acids is 1. The number of hydrogen-bond donors (Lipinski definition) is 0. The molecule has 0 aliphatic heterocycles. The zero-order chi connectivity index (χ0) is 12.4.